The van der Waals surface area contributed by atoms with Crippen LogP contribution in [0.1, 0.15) is 51.9 Å². The predicted molar refractivity (Wildman–Crippen MR) is 85.7 cm³/mol. The van der Waals surface area contributed by atoms with Gasteiger partial charge in [0.1, 0.15) is 11.4 Å². The van der Waals surface area contributed by atoms with Crippen molar-refractivity contribution in [2.45, 2.75) is 71.7 Å². The predicted octanol–water partition coefficient (Wildman–Crippen LogP) is 3.47. The molecular formula is C17H28N2O3. The molecule has 1 saturated heterocycles. The molecule has 2 atom stereocenters. The van der Waals surface area contributed by atoms with Crippen LogP contribution in [-0.4, -0.2) is 35.2 Å². The summed E-state index contributed by atoms with van der Waals surface area (Å²) < 4.78 is 11.0. The van der Waals surface area contributed by atoms with Crippen LogP contribution in [0, 0.1) is 6.92 Å². The zero-order chi connectivity index (χ0) is 16.3. The molecule has 1 N–H and O–H groups in total. The summed E-state index contributed by atoms with van der Waals surface area (Å²) in [4.78, 5) is 14.1. The molecule has 0 aliphatic carbocycles. The fourth-order valence-electron chi connectivity index (χ4n) is 2.80. The van der Waals surface area contributed by atoms with E-state index in [1.54, 1.807) is 6.26 Å². The van der Waals surface area contributed by atoms with Gasteiger partial charge in [-0.15, -0.1) is 0 Å². The number of hydrogen-bond acceptors (Lipinski definition) is 4. The zero-order valence-electron chi connectivity index (χ0n) is 14.3. The van der Waals surface area contributed by atoms with Crippen molar-refractivity contribution >= 4 is 6.09 Å². The van der Waals surface area contributed by atoms with Gasteiger partial charge in [-0.05, 0) is 59.1 Å². The van der Waals surface area contributed by atoms with Gasteiger partial charge in [-0.25, -0.2) is 4.79 Å². The van der Waals surface area contributed by atoms with E-state index < -0.39 is 5.60 Å². The van der Waals surface area contributed by atoms with Crippen molar-refractivity contribution < 1.29 is 13.9 Å². The van der Waals surface area contributed by atoms with Gasteiger partial charge < -0.3 is 19.4 Å². The first-order chi connectivity index (χ1) is 10.3. The van der Waals surface area contributed by atoms with Gasteiger partial charge in [0.2, 0.25) is 0 Å². The van der Waals surface area contributed by atoms with Crippen LogP contribution in [-0.2, 0) is 11.3 Å². The minimum absolute atomic E-state index is 0.110. The highest BCUT2D eigenvalue weighted by atomic mass is 16.6. The highest BCUT2D eigenvalue weighted by Crippen LogP contribution is 2.21. The zero-order valence-corrected chi connectivity index (χ0v) is 14.3. The number of likely N-dealkylation sites (tertiary alicyclic amines) is 1. The minimum Gasteiger partial charge on any atom is -0.468 e. The molecule has 0 spiro atoms. The van der Waals surface area contributed by atoms with Gasteiger partial charge >= 0.3 is 6.09 Å². The summed E-state index contributed by atoms with van der Waals surface area (Å²) in [6, 6.07) is 2.33. The molecule has 0 saturated carbocycles. The normalized spacial score (nSPS) is 22.7. The maximum Gasteiger partial charge on any atom is 0.410 e. The third kappa shape index (κ3) is 4.26. The second-order valence-corrected chi connectivity index (χ2v) is 7.07. The average Bonchev–Trinajstić information content (AvgIpc) is 2.81. The van der Waals surface area contributed by atoms with Crippen LogP contribution in [0.25, 0.3) is 0 Å². The summed E-state index contributed by atoms with van der Waals surface area (Å²) in [7, 11) is 0. The minimum atomic E-state index is -0.456. The third-order valence-corrected chi connectivity index (χ3v) is 4.11. The molecule has 1 aromatic heterocycles. The number of carbonyl (C=O) groups is 1. The van der Waals surface area contributed by atoms with Crippen LogP contribution in [0.5, 0.6) is 0 Å². The van der Waals surface area contributed by atoms with Gasteiger partial charge in [0.25, 0.3) is 0 Å². The van der Waals surface area contributed by atoms with Gasteiger partial charge in [-0.2, -0.15) is 0 Å². The van der Waals surface area contributed by atoms with Crippen molar-refractivity contribution in [2.24, 2.45) is 0 Å². The summed E-state index contributed by atoms with van der Waals surface area (Å²) >= 11 is 0. The van der Waals surface area contributed by atoms with Crippen molar-refractivity contribution in [3.63, 3.8) is 0 Å². The first-order valence-electron chi connectivity index (χ1n) is 8.04. The molecule has 1 aromatic rings. The molecule has 2 rings (SSSR count). The summed E-state index contributed by atoms with van der Waals surface area (Å²) in [6.45, 7) is 11.3. The number of piperidine rings is 1. The Morgan fingerprint density at radius 3 is 2.82 bits per heavy atom. The van der Waals surface area contributed by atoms with Crippen molar-refractivity contribution in [2.75, 3.05) is 6.54 Å². The summed E-state index contributed by atoms with van der Waals surface area (Å²) in [5, 5.41) is 3.52. The highest BCUT2D eigenvalue weighted by Gasteiger charge is 2.33. The van der Waals surface area contributed by atoms with E-state index in [0.717, 1.165) is 30.7 Å². The van der Waals surface area contributed by atoms with E-state index in [-0.39, 0.29) is 18.2 Å². The van der Waals surface area contributed by atoms with Crippen LogP contribution in [0.15, 0.2) is 16.7 Å². The number of ether oxygens (including phenoxy) is 1. The van der Waals surface area contributed by atoms with Crippen LogP contribution in [0.3, 0.4) is 0 Å². The van der Waals surface area contributed by atoms with Crippen molar-refractivity contribution in [3.05, 3.63) is 23.7 Å². The topological polar surface area (TPSA) is 54.7 Å². The monoisotopic (exact) mass is 308 g/mol. The van der Waals surface area contributed by atoms with Gasteiger partial charge in [-0.1, -0.05) is 0 Å². The first-order valence-corrected chi connectivity index (χ1v) is 8.04. The molecule has 5 nitrogen and oxygen atoms in total. The van der Waals surface area contributed by atoms with Crippen molar-refractivity contribution in [1.29, 1.82) is 0 Å². The third-order valence-electron chi connectivity index (χ3n) is 4.11. The lowest BCUT2D eigenvalue weighted by Gasteiger charge is -2.40. The standard InChI is InChI=1S/C17H28N2O3/c1-12-8-10-21-15(12)11-18-14-7-6-9-19(13(14)2)16(20)22-17(3,4)5/h8,10,13-14,18H,6-7,9,11H2,1-5H3. The van der Waals surface area contributed by atoms with Crippen LogP contribution in [0.4, 0.5) is 4.79 Å². The number of carbonyl (C=O) groups excluding carboxylic acids is 1. The van der Waals surface area contributed by atoms with Gasteiger partial charge in [0.15, 0.2) is 0 Å². The number of aryl methyl sites for hydroxylation is 1. The maximum absolute atomic E-state index is 12.3. The summed E-state index contributed by atoms with van der Waals surface area (Å²) in [5.74, 6) is 0.960. The highest BCUT2D eigenvalue weighted by molar-refractivity contribution is 5.68. The lowest BCUT2D eigenvalue weighted by Crippen LogP contribution is -2.55. The van der Waals surface area contributed by atoms with Crippen LogP contribution >= 0.6 is 0 Å². The molecule has 1 aliphatic rings. The molecule has 2 unspecified atom stereocenters. The molecule has 124 valence electrons. The van der Waals surface area contributed by atoms with Gasteiger partial charge in [0, 0.05) is 18.6 Å². The lowest BCUT2D eigenvalue weighted by molar-refractivity contribution is 0.00690. The SMILES string of the molecule is Cc1ccoc1CNC1CCCN(C(=O)OC(C)(C)C)C1C. The van der Waals surface area contributed by atoms with Gasteiger partial charge in [0.05, 0.1) is 12.8 Å². The van der Waals surface area contributed by atoms with E-state index in [2.05, 4.69) is 12.2 Å². The Balaban J connectivity index is 1.93. The largest absolute Gasteiger partial charge is 0.468 e. The quantitative estimate of drug-likeness (QED) is 0.929. The second-order valence-electron chi connectivity index (χ2n) is 7.07. The molecule has 1 fully saturated rings. The molecule has 2 heterocycles. The molecule has 22 heavy (non-hydrogen) atoms. The number of nitrogens with one attached hydrogen (secondary N) is 1. The van der Waals surface area contributed by atoms with Crippen molar-refractivity contribution in [3.8, 4) is 0 Å². The van der Waals surface area contributed by atoms with E-state index in [1.165, 1.54) is 0 Å². The Morgan fingerprint density at radius 2 is 2.23 bits per heavy atom. The van der Waals surface area contributed by atoms with E-state index >= 15 is 0 Å². The second kappa shape index (κ2) is 6.73. The fraction of sp³-hybridized carbons (Fsp3) is 0.706. The Hall–Kier alpha value is -1.49. The number of furan rings is 1. The maximum atomic E-state index is 12.3. The first kappa shape index (κ1) is 16.9. The van der Waals surface area contributed by atoms with E-state index in [9.17, 15) is 4.79 Å². The number of hydrogen-bond donors (Lipinski definition) is 1. The van der Waals surface area contributed by atoms with E-state index in [1.807, 2.05) is 38.7 Å². The summed E-state index contributed by atoms with van der Waals surface area (Å²) in [6.07, 6.45) is 3.53. The molecule has 0 bridgehead atoms. The van der Waals surface area contributed by atoms with Crippen LogP contribution < -0.4 is 5.32 Å². The van der Waals surface area contributed by atoms with Gasteiger partial charge in [-0.3, -0.25) is 0 Å². The smallest absolute Gasteiger partial charge is 0.410 e. The Kier molecular flexibility index (Phi) is 5.16. The number of rotatable bonds is 3. The fourth-order valence-corrected chi connectivity index (χ4v) is 2.80. The Labute approximate surface area is 133 Å². The summed E-state index contributed by atoms with van der Waals surface area (Å²) in [5.41, 5.74) is 0.697. The lowest BCUT2D eigenvalue weighted by atomic mass is 9.97. The molecular weight excluding hydrogens is 280 g/mol. The molecule has 0 aromatic carbocycles. The molecule has 0 radical (unpaired) electrons. The molecule has 5 heteroatoms. The van der Waals surface area contributed by atoms with E-state index in [0.29, 0.717) is 6.54 Å². The Bertz CT molecular complexity index is 504. The van der Waals surface area contributed by atoms with Crippen molar-refractivity contribution in [1.82, 2.24) is 10.2 Å². The van der Waals surface area contributed by atoms with E-state index in [4.69, 9.17) is 9.15 Å². The van der Waals surface area contributed by atoms with Crippen LogP contribution in [0.2, 0.25) is 0 Å². The Morgan fingerprint density at radius 1 is 1.50 bits per heavy atom. The number of amides is 1. The molecule has 1 amide bonds. The number of nitrogens with zero attached hydrogens (tertiary/aromatic N) is 1. The molecule has 1 aliphatic heterocycles. The average molecular weight is 308 g/mol.